The third-order valence-corrected chi connectivity index (χ3v) is 10.2. The average Bonchev–Trinajstić information content (AvgIpc) is 2.35. The zero-order valence-electron chi connectivity index (χ0n) is 14.5. The Bertz CT molecular complexity index is 565. The number of hydrogen-bond acceptors (Lipinski definition) is 3. The molecule has 1 N–H and O–H groups in total. The van der Waals surface area contributed by atoms with Crippen molar-refractivity contribution in [3.63, 3.8) is 0 Å². The summed E-state index contributed by atoms with van der Waals surface area (Å²) in [6, 6.07) is 9.50. The van der Waals surface area contributed by atoms with Crippen LogP contribution in [0.4, 0.5) is 0 Å². The molecule has 0 aromatic heterocycles. The summed E-state index contributed by atoms with van der Waals surface area (Å²) in [4.78, 5) is 0. The van der Waals surface area contributed by atoms with Crippen LogP contribution in [0.1, 0.15) is 33.3 Å². The van der Waals surface area contributed by atoms with Gasteiger partial charge in [0, 0.05) is 6.54 Å². The van der Waals surface area contributed by atoms with Crippen LogP contribution in [-0.2, 0) is 21.0 Å². The Kier molecular flexibility index (Phi) is 6.38. The Balaban J connectivity index is 2.57. The third kappa shape index (κ3) is 6.20. The maximum Gasteiger partial charge on any atom is 0.214 e. The highest BCUT2D eigenvalue weighted by Crippen LogP contribution is 2.37. The molecule has 0 aliphatic rings. The molecule has 0 aliphatic carbocycles. The van der Waals surface area contributed by atoms with Crippen molar-refractivity contribution in [1.82, 2.24) is 4.72 Å². The molecule has 0 saturated carbocycles. The van der Waals surface area contributed by atoms with E-state index in [0.29, 0.717) is 6.54 Å². The molecule has 0 heterocycles. The standard InChI is InChI=1S/C16H29NO3SSi/c1-14(20-22(5,6)16(2,3)4)13-21(18,19)17-12-15-10-8-7-9-11-15/h7-11,14,17H,12-13H2,1-6H3/t14-/m1/s1. The van der Waals surface area contributed by atoms with Gasteiger partial charge in [0.15, 0.2) is 8.32 Å². The molecule has 0 unspecified atom stereocenters. The molecule has 4 nitrogen and oxygen atoms in total. The Labute approximate surface area is 136 Å². The maximum atomic E-state index is 12.2. The van der Waals surface area contributed by atoms with Gasteiger partial charge in [0.1, 0.15) is 0 Å². The largest absolute Gasteiger partial charge is 0.413 e. The summed E-state index contributed by atoms with van der Waals surface area (Å²) in [6.45, 7) is 12.9. The van der Waals surface area contributed by atoms with E-state index in [-0.39, 0.29) is 16.9 Å². The van der Waals surface area contributed by atoms with E-state index in [1.165, 1.54) is 0 Å². The van der Waals surface area contributed by atoms with Crippen LogP contribution in [0.2, 0.25) is 18.1 Å². The number of rotatable bonds is 7. The second kappa shape index (κ2) is 7.25. The van der Waals surface area contributed by atoms with Crippen LogP contribution < -0.4 is 4.72 Å². The number of benzene rings is 1. The smallest absolute Gasteiger partial charge is 0.214 e. The minimum atomic E-state index is -3.35. The van der Waals surface area contributed by atoms with E-state index >= 15 is 0 Å². The predicted molar refractivity (Wildman–Crippen MR) is 94.8 cm³/mol. The molecule has 1 aromatic carbocycles. The molecule has 0 amide bonds. The van der Waals surface area contributed by atoms with Crippen LogP contribution in [0, 0.1) is 0 Å². The predicted octanol–water partition coefficient (Wildman–Crippen LogP) is 3.52. The van der Waals surface area contributed by atoms with E-state index in [1.54, 1.807) is 0 Å². The van der Waals surface area contributed by atoms with Gasteiger partial charge in [-0.3, -0.25) is 0 Å². The van der Waals surface area contributed by atoms with Gasteiger partial charge in [-0.2, -0.15) is 0 Å². The summed E-state index contributed by atoms with van der Waals surface area (Å²) in [5.41, 5.74) is 0.948. The van der Waals surface area contributed by atoms with E-state index in [1.807, 2.05) is 37.3 Å². The molecule has 126 valence electrons. The third-order valence-electron chi connectivity index (χ3n) is 4.10. The lowest BCUT2D eigenvalue weighted by Crippen LogP contribution is -2.45. The highest BCUT2D eigenvalue weighted by atomic mass is 32.2. The van der Waals surface area contributed by atoms with Gasteiger partial charge in [0.25, 0.3) is 0 Å². The molecular formula is C16H29NO3SSi. The first kappa shape index (κ1) is 19.4. The molecule has 1 aromatic rings. The summed E-state index contributed by atoms with van der Waals surface area (Å²) in [5.74, 6) is -0.00760. The van der Waals surface area contributed by atoms with Gasteiger partial charge in [-0.25, -0.2) is 13.1 Å². The minimum Gasteiger partial charge on any atom is -0.413 e. The van der Waals surface area contributed by atoms with E-state index in [9.17, 15) is 8.42 Å². The van der Waals surface area contributed by atoms with Crippen LogP contribution in [0.3, 0.4) is 0 Å². The fraction of sp³-hybridized carbons (Fsp3) is 0.625. The van der Waals surface area contributed by atoms with E-state index in [2.05, 4.69) is 38.6 Å². The van der Waals surface area contributed by atoms with E-state index < -0.39 is 18.3 Å². The summed E-state index contributed by atoms with van der Waals surface area (Å²) in [5, 5.41) is 0.0719. The van der Waals surface area contributed by atoms with Crippen molar-refractivity contribution in [3.05, 3.63) is 35.9 Å². The van der Waals surface area contributed by atoms with Gasteiger partial charge in [-0.15, -0.1) is 0 Å². The Morgan fingerprint density at radius 1 is 1.18 bits per heavy atom. The molecule has 1 rings (SSSR count). The first-order valence-corrected chi connectivity index (χ1v) is 12.2. The molecule has 0 saturated heterocycles. The molecule has 1 atom stereocenters. The van der Waals surface area contributed by atoms with Crippen LogP contribution in [0.25, 0.3) is 0 Å². The second-order valence-electron chi connectivity index (χ2n) is 7.28. The quantitative estimate of drug-likeness (QED) is 0.771. The molecular weight excluding hydrogens is 314 g/mol. The van der Waals surface area contributed by atoms with Crippen molar-refractivity contribution in [2.75, 3.05) is 5.75 Å². The minimum absolute atomic E-state index is 0.00760. The van der Waals surface area contributed by atoms with Crippen molar-refractivity contribution in [3.8, 4) is 0 Å². The lowest BCUT2D eigenvalue weighted by Gasteiger charge is -2.38. The SMILES string of the molecule is C[C@H](CS(=O)(=O)NCc1ccccc1)O[Si](C)(C)C(C)(C)C. The highest BCUT2D eigenvalue weighted by molar-refractivity contribution is 7.89. The van der Waals surface area contributed by atoms with Crippen molar-refractivity contribution in [2.45, 2.75) is 58.5 Å². The Hall–Kier alpha value is -0.693. The molecule has 0 radical (unpaired) electrons. The van der Waals surface area contributed by atoms with Gasteiger partial charge >= 0.3 is 0 Å². The fourth-order valence-corrected chi connectivity index (χ4v) is 4.62. The monoisotopic (exact) mass is 343 g/mol. The summed E-state index contributed by atoms with van der Waals surface area (Å²) in [7, 11) is -5.30. The van der Waals surface area contributed by atoms with Crippen molar-refractivity contribution in [2.24, 2.45) is 0 Å². The highest BCUT2D eigenvalue weighted by Gasteiger charge is 2.39. The summed E-state index contributed by atoms with van der Waals surface area (Å²) >= 11 is 0. The lowest BCUT2D eigenvalue weighted by molar-refractivity contribution is 0.219. The van der Waals surface area contributed by atoms with Gasteiger partial charge < -0.3 is 4.43 Å². The van der Waals surface area contributed by atoms with E-state index in [4.69, 9.17) is 4.43 Å². The molecule has 0 spiro atoms. The first-order valence-electron chi connectivity index (χ1n) is 7.62. The second-order valence-corrected chi connectivity index (χ2v) is 13.9. The zero-order valence-corrected chi connectivity index (χ0v) is 16.3. The molecule has 22 heavy (non-hydrogen) atoms. The van der Waals surface area contributed by atoms with Crippen LogP contribution >= 0.6 is 0 Å². The molecule has 6 heteroatoms. The topological polar surface area (TPSA) is 55.4 Å². The maximum absolute atomic E-state index is 12.2. The van der Waals surface area contributed by atoms with Crippen LogP contribution in [-0.4, -0.2) is 28.6 Å². The van der Waals surface area contributed by atoms with Gasteiger partial charge in [0.05, 0.1) is 11.9 Å². The average molecular weight is 344 g/mol. The Morgan fingerprint density at radius 3 is 2.23 bits per heavy atom. The summed E-state index contributed by atoms with van der Waals surface area (Å²) in [6.07, 6.45) is -0.311. The van der Waals surface area contributed by atoms with Crippen molar-refractivity contribution >= 4 is 18.3 Å². The number of hydrogen-bond donors (Lipinski definition) is 1. The van der Waals surface area contributed by atoms with Gasteiger partial charge in [-0.1, -0.05) is 51.1 Å². The zero-order chi connectivity index (χ0) is 17.0. The van der Waals surface area contributed by atoms with Gasteiger partial charge in [-0.05, 0) is 30.6 Å². The fourth-order valence-electron chi connectivity index (χ4n) is 1.87. The number of sulfonamides is 1. The lowest BCUT2D eigenvalue weighted by atomic mass is 10.2. The van der Waals surface area contributed by atoms with Crippen LogP contribution in [0.5, 0.6) is 0 Å². The first-order chi connectivity index (χ1) is 9.93. The van der Waals surface area contributed by atoms with Crippen molar-refractivity contribution in [1.29, 1.82) is 0 Å². The van der Waals surface area contributed by atoms with Gasteiger partial charge in [0.2, 0.25) is 10.0 Å². The van der Waals surface area contributed by atoms with Crippen LogP contribution in [0.15, 0.2) is 30.3 Å². The summed E-state index contributed by atoms with van der Waals surface area (Å²) < 4.78 is 33.1. The Morgan fingerprint density at radius 2 is 1.73 bits per heavy atom. The molecule has 0 fully saturated rings. The molecule has 0 bridgehead atoms. The normalized spacial score (nSPS) is 14.8. The van der Waals surface area contributed by atoms with E-state index in [0.717, 1.165) is 5.56 Å². The molecule has 0 aliphatic heterocycles. The number of nitrogens with one attached hydrogen (secondary N) is 1. The van der Waals surface area contributed by atoms with Crippen molar-refractivity contribution < 1.29 is 12.8 Å².